The highest BCUT2D eigenvalue weighted by atomic mass is 16.5. The van der Waals surface area contributed by atoms with Crippen molar-refractivity contribution in [2.75, 3.05) is 11.9 Å². The molecule has 0 fully saturated rings. The fraction of sp³-hybridized carbons (Fsp3) is 0.533. The summed E-state index contributed by atoms with van der Waals surface area (Å²) in [5, 5.41) is 6.60. The zero-order valence-corrected chi connectivity index (χ0v) is 12.4. The summed E-state index contributed by atoms with van der Waals surface area (Å²) in [6, 6.07) is 2.06. The Morgan fingerprint density at radius 3 is 3.05 bits per heavy atom. The average molecular weight is 286 g/mol. The molecule has 2 aliphatic heterocycles. The second-order valence-corrected chi connectivity index (χ2v) is 6.41. The number of benzene rings is 1. The maximum atomic E-state index is 12.1. The van der Waals surface area contributed by atoms with Gasteiger partial charge in [0.2, 0.25) is 5.91 Å². The first-order valence-corrected chi connectivity index (χ1v) is 7.06. The van der Waals surface area contributed by atoms with Crippen molar-refractivity contribution in [1.29, 1.82) is 0 Å². The summed E-state index contributed by atoms with van der Waals surface area (Å²) < 4.78 is 5.97. The predicted octanol–water partition coefficient (Wildman–Crippen LogP) is 3.13. The van der Waals surface area contributed by atoms with Crippen molar-refractivity contribution in [2.24, 2.45) is 10.5 Å². The third-order valence-corrected chi connectivity index (χ3v) is 4.21. The normalized spacial score (nSPS) is 21.7. The summed E-state index contributed by atoms with van der Waals surface area (Å²) in [5.74, 6) is 0.906. The number of amides is 1. The van der Waals surface area contributed by atoms with E-state index in [-0.39, 0.29) is 12.0 Å². The number of azide groups is 1. The Morgan fingerprint density at radius 2 is 2.33 bits per heavy atom. The van der Waals surface area contributed by atoms with Gasteiger partial charge in [-0.15, -0.1) is 0 Å². The summed E-state index contributed by atoms with van der Waals surface area (Å²) in [5.41, 5.74) is 12.1. The molecule has 1 aromatic carbocycles. The van der Waals surface area contributed by atoms with Crippen molar-refractivity contribution in [1.82, 2.24) is 0 Å². The molecular weight excluding hydrogens is 268 g/mol. The Bertz CT molecular complexity index is 675. The molecule has 2 heterocycles. The molecule has 1 amide bonds. The molecular formula is C15H18N4O2. The summed E-state index contributed by atoms with van der Waals surface area (Å²) in [6.07, 6.45) is 1.30. The maximum absolute atomic E-state index is 12.1. The highest BCUT2D eigenvalue weighted by Gasteiger charge is 2.38. The molecule has 21 heavy (non-hydrogen) atoms. The van der Waals surface area contributed by atoms with Crippen molar-refractivity contribution < 1.29 is 9.53 Å². The van der Waals surface area contributed by atoms with E-state index in [1.54, 1.807) is 0 Å². The fourth-order valence-corrected chi connectivity index (χ4v) is 3.07. The molecule has 2 aliphatic rings. The third-order valence-electron chi connectivity index (χ3n) is 4.21. The zero-order valence-electron chi connectivity index (χ0n) is 12.4. The Kier molecular flexibility index (Phi) is 3.06. The highest BCUT2D eigenvalue weighted by Crippen LogP contribution is 2.45. The standard InChI is InChI=1S/C15H18N4O2/c1-8-4-9-5-10(7-17-19-16)21-13(9)11-6-15(2,3)14(20)18-12(8)11/h4,10H,5-7H2,1-3H3,(H,18,20). The maximum Gasteiger partial charge on any atom is 0.230 e. The van der Waals surface area contributed by atoms with Gasteiger partial charge in [0.1, 0.15) is 11.9 Å². The van der Waals surface area contributed by atoms with Gasteiger partial charge in [0, 0.05) is 22.3 Å². The van der Waals surface area contributed by atoms with Crippen molar-refractivity contribution in [2.45, 2.75) is 39.7 Å². The molecule has 110 valence electrons. The van der Waals surface area contributed by atoms with E-state index in [1.807, 2.05) is 20.8 Å². The van der Waals surface area contributed by atoms with E-state index >= 15 is 0 Å². The zero-order chi connectivity index (χ0) is 15.2. The van der Waals surface area contributed by atoms with Crippen molar-refractivity contribution >= 4 is 11.6 Å². The molecule has 0 spiro atoms. The molecule has 0 aromatic heterocycles. The molecule has 0 saturated heterocycles. The Hall–Kier alpha value is -2.20. The molecule has 6 nitrogen and oxygen atoms in total. The highest BCUT2D eigenvalue weighted by molar-refractivity contribution is 5.99. The molecule has 6 heteroatoms. The summed E-state index contributed by atoms with van der Waals surface area (Å²) in [4.78, 5) is 14.9. The van der Waals surface area contributed by atoms with Crippen molar-refractivity contribution in [3.05, 3.63) is 33.2 Å². The lowest BCUT2D eigenvalue weighted by molar-refractivity contribution is -0.124. The molecule has 1 aromatic rings. The lowest BCUT2D eigenvalue weighted by atomic mass is 9.79. The van der Waals surface area contributed by atoms with E-state index < -0.39 is 5.41 Å². The number of hydrogen-bond donors (Lipinski definition) is 1. The van der Waals surface area contributed by atoms with Crippen LogP contribution in [0.5, 0.6) is 5.75 Å². The topological polar surface area (TPSA) is 87.1 Å². The number of carbonyl (C=O) groups excluding carboxylic acids is 1. The van der Waals surface area contributed by atoms with Gasteiger partial charge in [-0.05, 0) is 30.0 Å². The van der Waals surface area contributed by atoms with Crippen LogP contribution in [0, 0.1) is 12.3 Å². The van der Waals surface area contributed by atoms with Crippen LogP contribution in [-0.2, 0) is 17.6 Å². The van der Waals surface area contributed by atoms with Crippen LogP contribution < -0.4 is 10.1 Å². The van der Waals surface area contributed by atoms with Crippen molar-refractivity contribution in [3.8, 4) is 5.75 Å². The Labute approximate surface area is 123 Å². The minimum atomic E-state index is -0.444. The van der Waals surface area contributed by atoms with E-state index in [4.69, 9.17) is 10.3 Å². The van der Waals surface area contributed by atoms with Crippen LogP contribution >= 0.6 is 0 Å². The number of hydrogen-bond acceptors (Lipinski definition) is 3. The molecule has 0 radical (unpaired) electrons. The smallest absolute Gasteiger partial charge is 0.230 e. The largest absolute Gasteiger partial charge is 0.489 e. The van der Waals surface area contributed by atoms with E-state index in [0.717, 1.165) is 34.5 Å². The second kappa shape index (κ2) is 4.67. The monoisotopic (exact) mass is 286 g/mol. The molecule has 1 atom stereocenters. The number of rotatable bonds is 2. The quantitative estimate of drug-likeness (QED) is 0.514. The van der Waals surface area contributed by atoms with Crippen LogP contribution in [0.2, 0.25) is 0 Å². The number of anilines is 1. The number of aryl methyl sites for hydroxylation is 1. The van der Waals surface area contributed by atoms with Crippen LogP contribution in [0.25, 0.3) is 10.4 Å². The average Bonchev–Trinajstić information content (AvgIpc) is 2.81. The minimum Gasteiger partial charge on any atom is -0.489 e. The molecule has 0 bridgehead atoms. The summed E-state index contributed by atoms with van der Waals surface area (Å²) in [6.45, 7) is 6.20. The van der Waals surface area contributed by atoms with Crippen LogP contribution in [0.3, 0.4) is 0 Å². The van der Waals surface area contributed by atoms with Gasteiger partial charge in [-0.3, -0.25) is 4.79 Å². The molecule has 1 N–H and O–H groups in total. The van der Waals surface area contributed by atoms with Gasteiger partial charge in [-0.1, -0.05) is 25.0 Å². The van der Waals surface area contributed by atoms with E-state index in [1.165, 1.54) is 0 Å². The lowest BCUT2D eigenvalue weighted by Crippen LogP contribution is -2.37. The minimum absolute atomic E-state index is 0.0432. The van der Waals surface area contributed by atoms with Gasteiger partial charge in [0.15, 0.2) is 0 Å². The van der Waals surface area contributed by atoms with E-state index in [9.17, 15) is 4.79 Å². The number of ether oxygens (including phenoxy) is 1. The summed E-state index contributed by atoms with van der Waals surface area (Å²) >= 11 is 0. The summed E-state index contributed by atoms with van der Waals surface area (Å²) in [7, 11) is 0. The van der Waals surface area contributed by atoms with Crippen LogP contribution in [0.1, 0.15) is 30.5 Å². The predicted molar refractivity (Wildman–Crippen MR) is 79.4 cm³/mol. The van der Waals surface area contributed by atoms with Gasteiger partial charge in [-0.25, -0.2) is 0 Å². The first kappa shape index (κ1) is 13.8. The van der Waals surface area contributed by atoms with Crippen LogP contribution in [-0.4, -0.2) is 18.6 Å². The van der Waals surface area contributed by atoms with Crippen LogP contribution in [0.4, 0.5) is 5.69 Å². The number of nitrogens with one attached hydrogen (secondary N) is 1. The van der Waals surface area contributed by atoms with E-state index in [2.05, 4.69) is 21.4 Å². The van der Waals surface area contributed by atoms with Gasteiger partial charge in [0.05, 0.1) is 12.2 Å². The van der Waals surface area contributed by atoms with Gasteiger partial charge in [-0.2, -0.15) is 0 Å². The molecule has 0 aliphatic carbocycles. The molecule has 0 saturated carbocycles. The fourth-order valence-electron chi connectivity index (χ4n) is 3.07. The Morgan fingerprint density at radius 1 is 1.57 bits per heavy atom. The van der Waals surface area contributed by atoms with Crippen LogP contribution in [0.15, 0.2) is 11.2 Å². The number of fused-ring (bicyclic) bond motifs is 3. The first-order valence-electron chi connectivity index (χ1n) is 7.06. The first-order chi connectivity index (χ1) is 9.92. The van der Waals surface area contributed by atoms with Gasteiger partial charge < -0.3 is 10.1 Å². The van der Waals surface area contributed by atoms with Gasteiger partial charge >= 0.3 is 0 Å². The van der Waals surface area contributed by atoms with Gasteiger partial charge in [0.25, 0.3) is 0 Å². The number of carbonyl (C=O) groups is 1. The van der Waals surface area contributed by atoms with E-state index in [0.29, 0.717) is 13.0 Å². The Balaban J connectivity index is 2.02. The third kappa shape index (κ3) is 2.21. The molecule has 1 unspecified atom stereocenters. The number of nitrogens with zero attached hydrogens (tertiary/aromatic N) is 3. The van der Waals surface area contributed by atoms with Crippen molar-refractivity contribution in [3.63, 3.8) is 0 Å². The lowest BCUT2D eigenvalue weighted by Gasteiger charge is -2.32. The second-order valence-electron chi connectivity index (χ2n) is 6.41. The SMILES string of the molecule is Cc1cc2c(c3c1NC(=O)C(C)(C)C3)OC(CN=[N+]=[N-])C2. The molecule has 3 rings (SSSR count).